The van der Waals surface area contributed by atoms with Crippen molar-refractivity contribution in [1.29, 1.82) is 0 Å². The number of halogens is 1. The van der Waals surface area contributed by atoms with Gasteiger partial charge in [0.05, 0.1) is 6.61 Å². The van der Waals surface area contributed by atoms with Crippen LogP contribution in [0.1, 0.15) is 56.6 Å². The average molecular weight is 342 g/mol. The third-order valence-electron chi connectivity index (χ3n) is 3.43. The molecule has 0 saturated heterocycles. The third kappa shape index (κ3) is 6.27. The highest BCUT2D eigenvalue weighted by Gasteiger charge is 2.08. The van der Waals surface area contributed by atoms with Crippen LogP contribution >= 0.6 is 15.9 Å². The molecule has 0 spiro atoms. The van der Waals surface area contributed by atoms with Crippen molar-refractivity contribution in [3.63, 3.8) is 0 Å². The molecule has 0 fully saturated rings. The SMILES string of the molecule is CCCCCCCCOc1c(C)cc(Br)cc1CNC. The van der Waals surface area contributed by atoms with E-state index in [2.05, 4.69) is 47.2 Å². The first-order chi connectivity index (χ1) is 9.69. The van der Waals surface area contributed by atoms with Gasteiger partial charge in [-0.2, -0.15) is 0 Å². The summed E-state index contributed by atoms with van der Waals surface area (Å²) in [5, 5.41) is 3.20. The number of aryl methyl sites for hydroxylation is 1. The maximum Gasteiger partial charge on any atom is 0.126 e. The molecule has 1 N–H and O–H groups in total. The Balaban J connectivity index is 2.42. The Labute approximate surface area is 132 Å². The number of ether oxygens (including phenoxy) is 1. The molecule has 0 heterocycles. The maximum atomic E-state index is 6.02. The van der Waals surface area contributed by atoms with Crippen LogP contribution in [-0.4, -0.2) is 13.7 Å². The zero-order valence-electron chi connectivity index (χ0n) is 13.1. The van der Waals surface area contributed by atoms with Gasteiger partial charge in [0.25, 0.3) is 0 Å². The normalized spacial score (nSPS) is 10.8. The van der Waals surface area contributed by atoms with E-state index in [-0.39, 0.29) is 0 Å². The molecule has 114 valence electrons. The molecule has 1 aromatic carbocycles. The second kappa shape index (κ2) is 10.2. The van der Waals surface area contributed by atoms with Gasteiger partial charge in [-0.05, 0) is 38.1 Å². The van der Waals surface area contributed by atoms with E-state index in [1.165, 1.54) is 43.2 Å². The van der Waals surface area contributed by atoms with Crippen LogP contribution in [0, 0.1) is 6.92 Å². The number of benzene rings is 1. The number of nitrogens with one attached hydrogen (secondary N) is 1. The summed E-state index contributed by atoms with van der Waals surface area (Å²) >= 11 is 3.55. The minimum atomic E-state index is 0.825. The van der Waals surface area contributed by atoms with Crippen LogP contribution in [0.15, 0.2) is 16.6 Å². The Morgan fingerprint density at radius 3 is 2.50 bits per heavy atom. The zero-order chi connectivity index (χ0) is 14.8. The smallest absolute Gasteiger partial charge is 0.126 e. The molecular weight excluding hydrogens is 314 g/mol. The Bertz CT molecular complexity index is 393. The molecule has 0 bridgehead atoms. The van der Waals surface area contributed by atoms with Crippen molar-refractivity contribution >= 4 is 15.9 Å². The summed E-state index contributed by atoms with van der Waals surface area (Å²) in [5.74, 6) is 1.05. The largest absolute Gasteiger partial charge is 0.493 e. The fourth-order valence-electron chi connectivity index (χ4n) is 2.38. The van der Waals surface area contributed by atoms with Crippen LogP contribution in [0.2, 0.25) is 0 Å². The molecule has 0 aliphatic heterocycles. The van der Waals surface area contributed by atoms with Crippen molar-refractivity contribution in [1.82, 2.24) is 5.32 Å². The third-order valence-corrected chi connectivity index (χ3v) is 3.89. The molecule has 0 aromatic heterocycles. The van der Waals surface area contributed by atoms with Crippen LogP contribution in [0.5, 0.6) is 5.75 Å². The van der Waals surface area contributed by atoms with E-state index in [9.17, 15) is 0 Å². The zero-order valence-corrected chi connectivity index (χ0v) is 14.7. The molecule has 2 nitrogen and oxygen atoms in total. The molecular formula is C17H28BrNO. The van der Waals surface area contributed by atoms with Crippen LogP contribution in [0.4, 0.5) is 0 Å². The lowest BCUT2D eigenvalue weighted by atomic mass is 10.1. The van der Waals surface area contributed by atoms with Crippen molar-refractivity contribution in [2.24, 2.45) is 0 Å². The van der Waals surface area contributed by atoms with Gasteiger partial charge < -0.3 is 10.1 Å². The first-order valence-electron chi connectivity index (χ1n) is 7.75. The summed E-state index contributed by atoms with van der Waals surface area (Å²) in [6.45, 7) is 6.03. The van der Waals surface area contributed by atoms with E-state index in [0.29, 0.717) is 0 Å². The quantitative estimate of drug-likeness (QED) is 0.589. The van der Waals surface area contributed by atoms with Crippen molar-refractivity contribution < 1.29 is 4.74 Å². The standard InChI is InChI=1S/C17H28BrNO/c1-4-5-6-7-8-9-10-20-17-14(2)11-16(18)12-15(17)13-19-3/h11-12,19H,4-10,13H2,1-3H3. The second-order valence-corrected chi connectivity index (χ2v) is 6.27. The molecule has 1 aromatic rings. The summed E-state index contributed by atoms with van der Waals surface area (Å²) < 4.78 is 7.14. The number of hydrogen-bond acceptors (Lipinski definition) is 2. The topological polar surface area (TPSA) is 21.3 Å². The molecule has 0 aliphatic carbocycles. The lowest BCUT2D eigenvalue weighted by Crippen LogP contribution is -2.09. The molecule has 0 unspecified atom stereocenters. The first kappa shape index (κ1) is 17.5. The van der Waals surface area contributed by atoms with Crippen LogP contribution in [0.25, 0.3) is 0 Å². The maximum absolute atomic E-state index is 6.02. The fourth-order valence-corrected chi connectivity index (χ4v) is 3.00. The highest BCUT2D eigenvalue weighted by atomic mass is 79.9. The van der Waals surface area contributed by atoms with E-state index < -0.39 is 0 Å². The number of unbranched alkanes of at least 4 members (excludes halogenated alkanes) is 5. The second-order valence-electron chi connectivity index (χ2n) is 5.36. The highest BCUT2D eigenvalue weighted by Crippen LogP contribution is 2.28. The van der Waals surface area contributed by atoms with Crippen LogP contribution in [0.3, 0.4) is 0 Å². The molecule has 0 radical (unpaired) electrons. The number of rotatable bonds is 10. The van der Waals surface area contributed by atoms with E-state index in [1.807, 2.05) is 7.05 Å². The summed E-state index contributed by atoms with van der Waals surface area (Å²) in [6, 6.07) is 4.26. The lowest BCUT2D eigenvalue weighted by molar-refractivity contribution is 0.299. The van der Waals surface area contributed by atoms with Gasteiger partial charge in [-0.15, -0.1) is 0 Å². The molecule has 0 atom stereocenters. The molecule has 0 amide bonds. The first-order valence-corrected chi connectivity index (χ1v) is 8.54. The van der Waals surface area contributed by atoms with Crippen LogP contribution in [-0.2, 0) is 6.54 Å². The number of hydrogen-bond donors (Lipinski definition) is 1. The Morgan fingerprint density at radius 2 is 1.80 bits per heavy atom. The molecule has 20 heavy (non-hydrogen) atoms. The van der Waals surface area contributed by atoms with Crippen molar-refractivity contribution in [2.75, 3.05) is 13.7 Å². The molecule has 3 heteroatoms. The highest BCUT2D eigenvalue weighted by molar-refractivity contribution is 9.10. The Morgan fingerprint density at radius 1 is 1.10 bits per heavy atom. The molecule has 1 rings (SSSR count). The van der Waals surface area contributed by atoms with E-state index in [0.717, 1.165) is 29.8 Å². The van der Waals surface area contributed by atoms with Crippen molar-refractivity contribution in [2.45, 2.75) is 58.9 Å². The van der Waals surface area contributed by atoms with E-state index >= 15 is 0 Å². The van der Waals surface area contributed by atoms with Gasteiger partial charge in [0.1, 0.15) is 5.75 Å². The van der Waals surface area contributed by atoms with Crippen molar-refractivity contribution in [3.05, 3.63) is 27.7 Å². The van der Waals surface area contributed by atoms with Gasteiger partial charge in [-0.25, -0.2) is 0 Å². The monoisotopic (exact) mass is 341 g/mol. The van der Waals surface area contributed by atoms with Crippen molar-refractivity contribution in [3.8, 4) is 5.75 Å². The predicted octanol–water partition coefficient (Wildman–Crippen LogP) is 5.22. The van der Waals surface area contributed by atoms with E-state index in [4.69, 9.17) is 4.74 Å². The van der Waals surface area contributed by atoms with Gasteiger partial charge in [0, 0.05) is 16.6 Å². The Kier molecular flexibility index (Phi) is 8.95. The predicted molar refractivity (Wildman–Crippen MR) is 90.5 cm³/mol. The fraction of sp³-hybridized carbons (Fsp3) is 0.647. The minimum absolute atomic E-state index is 0.825. The van der Waals surface area contributed by atoms with Gasteiger partial charge in [-0.3, -0.25) is 0 Å². The van der Waals surface area contributed by atoms with Gasteiger partial charge in [0.2, 0.25) is 0 Å². The summed E-state index contributed by atoms with van der Waals surface area (Å²) in [5.41, 5.74) is 2.43. The lowest BCUT2D eigenvalue weighted by Gasteiger charge is -2.15. The summed E-state index contributed by atoms with van der Waals surface area (Å²) in [4.78, 5) is 0. The minimum Gasteiger partial charge on any atom is -0.493 e. The molecule has 0 saturated carbocycles. The molecule has 0 aliphatic rings. The Hall–Kier alpha value is -0.540. The van der Waals surface area contributed by atoms with Gasteiger partial charge >= 0.3 is 0 Å². The average Bonchev–Trinajstić information content (AvgIpc) is 2.40. The summed E-state index contributed by atoms with van der Waals surface area (Å²) in [6.07, 6.45) is 7.79. The van der Waals surface area contributed by atoms with Gasteiger partial charge in [0.15, 0.2) is 0 Å². The summed E-state index contributed by atoms with van der Waals surface area (Å²) in [7, 11) is 1.97. The van der Waals surface area contributed by atoms with Gasteiger partial charge in [-0.1, -0.05) is 55.0 Å². The van der Waals surface area contributed by atoms with Crippen LogP contribution < -0.4 is 10.1 Å². The van der Waals surface area contributed by atoms with E-state index in [1.54, 1.807) is 0 Å².